The number of carboxylic acids is 1. The lowest BCUT2D eigenvalue weighted by Crippen LogP contribution is -2.60. The molecule has 9 nitrogen and oxygen atoms in total. The van der Waals surface area contributed by atoms with Crippen LogP contribution in [0.15, 0.2) is 11.6 Å². The number of carbonyl (C=O) groups excluding carboxylic acids is 1. The summed E-state index contributed by atoms with van der Waals surface area (Å²) in [6.45, 7) is 5.66. The lowest BCUT2D eigenvalue weighted by Gasteiger charge is -2.38. The number of methoxy groups -OCH3 is 1. The molecule has 0 amide bonds. The summed E-state index contributed by atoms with van der Waals surface area (Å²) < 4.78 is 15.2. The Bertz CT molecular complexity index is 585. The maximum atomic E-state index is 11.8. The van der Waals surface area contributed by atoms with Crippen molar-refractivity contribution in [3.05, 3.63) is 11.6 Å². The van der Waals surface area contributed by atoms with E-state index in [1.807, 2.05) is 19.9 Å². The van der Waals surface area contributed by atoms with Crippen molar-refractivity contribution in [1.82, 2.24) is 0 Å². The zero-order valence-corrected chi connectivity index (χ0v) is 15.2. The molecule has 4 N–H and O–H groups in total. The average molecular weight is 374 g/mol. The Morgan fingerprint density at radius 2 is 1.77 bits per heavy atom. The molecule has 1 heterocycles. The first-order chi connectivity index (χ1) is 12.0. The van der Waals surface area contributed by atoms with Crippen molar-refractivity contribution in [2.24, 2.45) is 17.3 Å². The number of rotatable bonds is 6. The summed E-state index contributed by atoms with van der Waals surface area (Å²) in [5.74, 6) is -2.01. The Morgan fingerprint density at radius 3 is 2.31 bits per heavy atom. The van der Waals surface area contributed by atoms with Gasteiger partial charge in [-0.15, -0.1) is 0 Å². The van der Waals surface area contributed by atoms with Crippen LogP contribution < -0.4 is 0 Å². The number of carbonyl (C=O) groups is 2. The van der Waals surface area contributed by atoms with Crippen LogP contribution in [0.2, 0.25) is 0 Å². The van der Waals surface area contributed by atoms with Gasteiger partial charge in [0.2, 0.25) is 0 Å². The number of aliphatic hydroxyl groups excluding tert-OH is 3. The van der Waals surface area contributed by atoms with E-state index in [4.69, 9.17) is 19.3 Å². The third-order valence-corrected chi connectivity index (χ3v) is 5.12. The minimum atomic E-state index is -1.76. The van der Waals surface area contributed by atoms with Crippen molar-refractivity contribution in [2.75, 3.05) is 13.7 Å². The summed E-state index contributed by atoms with van der Waals surface area (Å²) in [6, 6.07) is 0. The van der Waals surface area contributed by atoms with Crippen LogP contribution in [0.4, 0.5) is 0 Å². The van der Waals surface area contributed by atoms with E-state index in [-0.39, 0.29) is 29.8 Å². The Hall–Kier alpha value is -1.52. The molecular formula is C17H26O9. The van der Waals surface area contributed by atoms with Gasteiger partial charge in [0.25, 0.3) is 0 Å². The highest BCUT2D eigenvalue weighted by atomic mass is 16.7. The first-order valence-corrected chi connectivity index (χ1v) is 8.31. The molecule has 0 spiro atoms. The van der Waals surface area contributed by atoms with Gasteiger partial charge >= 0.3 is 11.9 Å². The van der Waals surface area contributed by atoms with Crippen molar-refractivity contribution in [2.45, 2.75) is 51.5 Å². The monoisotopic (exact) mass is 374 g/mol. The summed E-state index contributed by atoms with van der Waals surface area (Å²) in [5.41, 5.74) is 0.516. The zero-order valence-electron chi connectivity index (χ0n) is 15.2. The Balaban J connectivity index is 1.97. The molecule has 0 aromatic carbocycles. The highest BCUT2D eigenvalue weighted by Gasteiger charge is 2.61. The van der Waals surface area contributed by atoms with Crippen LogP contribution in [-0.2, 0) is 23.8 Å². The number of esters is 1. The highest BCUT2D eigenvalue weighted by molar-refractivity contribution is 5.78. The van der Waals surface area contributed by atoms with Crippen LogP contribution >= 0.6 is 0 Å². The SMILES string of the molecule is COC(=O)C1C(/C=C(\C)CO[C@H]2O[C@H](C(=O)O)[C@@H](O)[C@H](O)[C@H]2O)C1(C)C. The topological polar surface area (TPSA) is 143 Å². The van der Waals surface area contributed by atoms with Crippen molar-refractivity contribution >= 4 is 11.9 Å². The van der Waals surface area contributed by atoms with E-state index in [1.165, 1.54) is 7.11 Å². The van der Waals surface area contributed by atoms with Gasteiger partial charge in [-0.3, -0.25) is 4.79 Å². The molecule has 2 fully saturated rings. The standard InChI is InChI=1S/C17H26O9/c1-7(5-8-9(15(23)24-4)17(8,2)3)6-25-16-12(20)10(18)11(19)13(26-16)14(21)22/h5,8-13,16,18-20H,6H2,1-4H3,(H,21,22)/b7-5+/t8?,9?,10-,11-,12+,13-,16-/m0/s1. The highest BCUT2D eigenvalue weighted by Crippen LogP contribution is 2.59. The number of hydrogen-bond donors (Lipinski definition) is 4. The van der Waals surface area contributed by atoms with Gasteiger partial charge in [0.05, 0.1) is 19.6 Å². The maximum absolute atomic E-state index is 11.8. The summed E-state index contributed by atoms with van der Waals surface area (Å²) >= 11 is 0. The second-order valence-electron chi connectivity index (χ2n) is 7.41. The average Bonchev–Trinajstić information content (AvgIpc) is 3.11. The quantitative estimate of drug-likeness (QED) is 0.350. The molecule has 1 saturated carbocycles. The Labute approximate surface area is 151 Å². The molecule has 0 bridgehead atoms. The lowest BCUT2D eigenvalue weighted by atomic mass is 9.99. The number of allylic oxidation sites excluding steroid dienone is 1. The molecule has 1 saturated heterocycles. The molecule has 2 rings (SSSR count). The van der Waals surface area contributed by atoms with E-state index >= 15 is 0 Å². The van der Waals surface area contributed by atoms with E-state index in [1.54, 1.807) is 6.92 Å². The number of ether oxygens (including phenoxy) is 3. The van der Waals surface area contributed by atoms with E-state index < -0.39 is 36.7 Å². The molecular weight excluding hydrogens is 348 g/mol. The van der Waals surface area contributed by atoms with Crippen molar-refractivity contribution in [3.8, 4) is 0 Å². The number of hydrogen-bond acceptors (Lipinski definition) is 8. The first kappa shape index (κ1) is 20.8. The molecule has 0 aromatic rings. The number of aliphatic carboxylic acids is 1. The summed E-state index contributed by atoms with van der Waals surface area (Å²) in [4.78, 5) is 22.8. The molecule has 9 heteroatoms. The van der Waals surface area contributed by atoms with Crippen molar-refractivity contribution in [1.29, 1.82) is 0 Å². The summed E-state index contributed by atoms with van der Waals surface area (Å²) in [5, 5.41) is 38.3. The molecule has 2 unspecified atom stereocenters. The fourth-order valence-corrected chi connectivity index (χ4v) is 3.32. The van der Waals surface area contributed by atoms with Gasteiger partial charge in [-0.25, -0.2) is 4.79 Å². The van der Waals surface area contributed by atoms with Gasteiger partial charge in [-0.2, -0.15) is 0 Å². The first-order valence-electron chi connectivity index (χ1n) is 8.31. The van der Waals surface area contributed by atoms with Gasteiger partial charge in [0, 0.05) is 0 Å². The molecule has 7 atom stereocenters. The van der Waals surface area contributed by atoms with E-state index in [0.717, 1.165) is 5.57 Å². The molecule has 1 aliphatic carbocycles. The van der Waals surface area contributed by atoms with Gasteiger partial charge < -0.3 is 34.6 Å². The largest absolute Gasteiger partial charge is 0.479 e. The summed E-state index contributed by atoms with van der Waals surface area (Å²) in [6.07, 6.45) is -6.28. The smallest absolute Gasteiger partial charge is 0.335 e. The number of aliphatic hydroxyl groups is 3. The van der Waals surface area contributed by atoms with Crippen LogP contribution in [-0.4, -0.2) is 76.8 Å². The predicted molar refractivity (Wildman–Crippen MR) is 86.8 cm³/mol. The third kappa shape index (κ3) is 3.91. The molecule has 0 aromatic heterocycles. The second-order valence-corrected chi connectivity index (χ2v) is 7.41. The normalized spacial score (nSPS) is 39.3. The Kier molecular flexibility index (Phi) is 6.09. The van der Waals surface area contributed by atoms with Crippen LogP contribution in [0.5, 0.6) is 0 Å². The molecule has 148 valence electrons. The molecule has 1 aliphatic heterocycles. The fourth-order valence-electron chi connectivity index (χ4n) is 3.32. The van der Waals surface area contributed by atoms with Crippen LogP contribution in [0.25, 0.3) is 0 Å². The van der Waals surface area contributed by atoms with Crippen LogP contribution in [0.3, 0.4) is 0 Å². The molecule has 26 heavy (non-hydrogen) atoms. The van der Waals surface area contributed by atoms with E-state index in [0.29, 0.717) is 0 Å². The van der Waals surface area contributed by atoms with Gasteiger partial charge in [0.15, 0.2) is 12.4 Å². The fraction of sp³-hybridized carbons (Fsp3) is 0.765. The van der Waals surface area contributed by atoms with Crippen LogP contribution in [0.1, 0.15) is 20.8 Å². The maximum Gasteiger partial charge on any atom is 0.335 e. The summed E-state index contributed by atoms with van der Waals surface area (Å²) in [7, 11) is 1.34. The number of carboxylic acid groups (broad SMARTS) is 1. The van der Waals surface area contributed by atoms with Gasteiger partial charge in [0.1, 0.15) is 18.3 Å². The molecule has 0 radical (unpaired) electrons. The minimum absolute atomic E-state index is 0.00263. The minimum Gasteiger partial charge on any atom is -0.479 e. The van der Waals surface area contributed by atoms with Gasteiger partial charge in [-0.1, -0.05) is 25.5 Å². The van der Waals surface area contributed by atoms with E-state index in [9.17, 15) is 24.9 Å². The second kappa shape index (κ2) is 7.61. The zero-order chi connectivity index (χ0) is 19.8. The van der Waals surface area contributed by atoms with E-state index in [2.05, 4.69) is 0 Å². The third-order valence-electron chi connectivity index (χ3n) is 5.12. The van der Waals surface area contributed by atoms with Crippen molar-refractivity contribution < 1.29 is 44.2 Å². The predicted octanol–water partition coefficient (Wildman–Crippen LogP) is -0.713. The molecule has 2 aliphatic rings. The van der Waals surface area contributed by atoms with Crippen molar-refractivity contribution in [3.63, 3.8) is 0 Å². The van der Waals surface area contributed by atoms with Crippen LogP contribution in [0, 0.1) is 17.3 Å². The Morgan fingerprint density at radius 1 is 1.15 bits per heavy atom. The van der Waals surface area contributed by atoms with Gasteiger partial charge in [-0.05, 0) is 18.3 Å². The lowest BCUT2D eigenvalue weighted by molar-refractivity contribution is -0.292.